The van der Waals surface area contributed by atoms with Crippen LogP contribution >= 0.6 is 0 Å². The molecular formula is C8H16N4O2. The molecule has 6 heteroatoms. The van der Waals surface area contributed by atoms with Gasteiger partial charge in [-0.1, -0.05) is 0 Å². The van der Waals surface area contributed by atoms with Gasteiger partial charge in [-0.25, -0.2) is 0 Å². The van der Waals surface area contributed by atoms with Gasteiger partial charge >= 0.3 is 0 Å². The summed E-state index contributed by atoms with van der Waals surface area (Å²) in [5, 5.41) is 2.73. The summed E-state index contributed by atoms with van der Waals surface area (Å²) in [6.45, 7) is 3.41. The van der Waals surface area contributed by atoms with Crippen molar-refractivity contribution in [3.05, 3.63) is 0 Å². The highest BCUT2D eigenvalue weighted by molar-refractivity contribution is 5.82. The summed E-state index contributed by atoms with van der Waals surface area (Å²) in [5.41, 5.74) is 10.5. The zero-order valence-electron chi connectivity index (χ0n) is 8.19. The lowest BCUT2D eigenvalue weighted by atomic mass is 10.1. The largest absolute Gasteiger partial charge is 0.368 e. The van der Waals surface area contributed by atoms with Gasteiger partial charge in [0, 0.05) is 19.6 Å². The van der Waals surface area contributed by atoms with Gasteiger partial charge in [0.2, 0.25) is 11.8 Å². The molecular weight excluding hydrogens is 184 g/mol. The number of hydrogen-bond acceptors (Lipinski definition) is 4. The summed E-state index contributed by atoms with van der Waals surface area (Å²) in [6, 6.07) is -0.947. The maximum absolute atomic E-state index is 11.2. The molecule has 0 spiro atoms. The van der Waals surface area contributed by atoms with E-state index in [9.17, 15) is 9.59 Å². The predicted molar refractivity (Wildman–Crippen MR) is 51.2 cm³/mol. The number of nitrogens with one attached hydrogen (secondary N) is 1. The number of amides is 2. The molecule has 1 saturated heterocycles. The van der Waals surface area contributed by atoms with E-state index in [4.69, 9.17) is 11.5 Å². The van der Waals surface area contributed by atoms with Gasteiger partial charge in [-0.15, -0.1) is 0 Å². The number of carbonyl (C=O) groups excluding carboxylic acids is 2. The molecule has 0 saturated carbocycles. The number of carbonyl (C=O) groups is 2. The predicted octanol–water partition coefficient (Wildman–Crippen LogP) is -2.38. The maximum Gasteiger partial charge on any atom is 0.237 e. The van der Waals surface area contributed by atoms with Crippen LogP contribution in [0, 0.1) is 0 Å². The number of primary amides is 1. The first-order valence-corrected chi connectivity index (χ1v) is 4.59. The molecule has 2 atom stereocenters. The monoisotopic (exact) mass is 200 g/mol. The average Bonchev–Trinajstić information content (AvgIpc) is 2.12. The van der Waals surface area contributed by atoms with Crippen LogP contribution in [0.3, 0.4) is 0 Å². The molecule has 1 aliphatic heterocycles. The van der Waals surface area contributed by atoms with Crippen molar-refractivity contribution in [1.82, 2.24) is 10.2 Å². The maximum atomic E-state index is 11.2. The fraction of sp³-hybridized carbons (Fsp3) is 0.750. The molecule has 0 bridgehead atoms. The van der Waals surface area contributed by atoms with Gasteiger partial charge in [0.25, 0.3) is 0 Å². The standard InChI is InChI=1S/C8H16N4O2/c1-5-8(14)11-2-3-12(5)4-6(9)7(10)13/h5-6H,2-4,9H2,1H3,(H2,10,13)(H,11,14). The Hall–Kier alpha value is -1.14. The Morgan fingerprint density at radius 2 is 2.43 bits per heavy atom. The summed E-state index contributed by atoms with van der Waals surface area (Å²) < 4.78 is 0. The number of nitrogens with two attached hydrogens (primary N) is 2. The van der Waals surface area contributed by atoms with Gasteiger partial charge < -0.3 is 16.8 Å². The zero-order valence-corrected chi connectivity index (χ0v) is 8.19. The smallest absolute Gasteiger partial charge is 0.237 e. The van der Waals surface area contributed by atoms with Gasteiger partial charge in [-0.2, -0.15) is 0 Å². The first-order valence-electron chi connectivity index (χ1n) is 4.59. The molecule has 1 rings (SSSR count). The highest BCUT2D eigenvalue weighted by Gasteiger charge is 2.27. The van der Waals surface area contributed by atoms with Crippen LogP contribution in [0.5, 0.6) is 0 Å². The second kappa shape index (κ2) is 4.39. The van der Waals surface area contributed by atoms with Crippen LogP contribution in [0.2, 0.25) is 0 Å². The summed E-state index contributed by atoms with van der Waals surface area (Å²) in [4.78, 5) is 23.8. The van der Waals surface area contributed by atoms with E-state index in [1.165, 1.54) is 0 Å². The molecule has 2 amide bonds. The highest BCUT2D eigenvalue weighted by atomic mass is 16.2. The van der Waals surface area contributed by atoms with Crippen LogP contribution in [-0.4, -0.2) is 48.4 Å². The Labute approximate surface area is 82.6 Å². The quantitative estimate of drug-likeness (QED) is 0.473. The first-order chi connectivity index (χ1) is 6.52. The van der Waals surface area contributed by atoms with E-state index >= 15 is 0 Å². The summed E-state index contributed by atoms with van der Waals surface area (Å²) in [6.07, 6.45) is 0. The zero-order chi connectivity index (χ0) is 10.7. The second-order valence-electron chi connectivity index (χ2n) is 3.47. The number of piperazine rings is 1. The molecule has 0 radical (unpaired) electrons. The summed E-state index contributed by atoms with van der Waals surface area (Å²) in [7, 11) is 0. The van der Waals surface area contributed by atoms with Gasteiger partial charge in [-0.05, 0) is 6.92 Å². The molecule has 80 valence electrons. The second-order valence-corrected chi connectivity index (χ2v) is 3.47. The Kier molecular flexibility index (Phi) is 3.43. The molecule has 1 aliphatic rings. The van der Waals surface area contributed by atoms with Gasteiger partial charge in [0.05, 0.1) is 12.1 Å². The number of nitrogens with zero attached hydrogens (tertiary/aromatic N) is 1. The summed E-state index contributed by atoms with van der Waals surface area (Å²) >= 11 is 0. The van der Waals surface area contributed by atoms with Crippen molar-refractivity contribution in [3.8, 4) is 0 Å². The Morgan fingerprint density at radius 1 is 1.79 bits per heavy atom. The minimum absolute atomic E-state index is 0.0343. The fourth-order valence-corrected chi connectivity index (χ4v) is 1.42. The lowest BCUT2D eigenvalue weighted by Gasteiger charge is -2.33. The van der Waals surface area contributed by atoms with Crippen LogP contribution in [-0.2, 0) is 9.59 Å². The fourth-order valence-electron chi connectivity index (χ4n) is 1.42. The molecule has 0 aromatic carbocycles. The third kappa shape index (κ3) is 2.43. The van der Waals surface area contributed by atoms with Crippen molar-refractivity contribution < 1.29 is 9.59 Å². The van der Waals surface area contributed by atoms with Crippen molar-refractivity contribution in [2.75, 3.05) is 19.6 Å². The molecule has 14 heavy (non-hydrogen) atoms. The molecule has 1 fully saturated rings. The SMILES string of the molecule is CC1C(=O)NCCN1CC(N)C(N)=O. The van der Waals surface area contributed by atoms with Crippen molar-refractivity contribution in [3.63, 3.8) is 0 Å². The summed E-state index contributed by atoms with van der Waals surface area (Å²) in [5.74, 6) is -0.573. The van der Waals surface area contributed by atoms with Crippen LogP contribution in [0.4, 0.5) is 0 Å². The normalized spacial score (nSPS) is 25.6. The van der Waals surface area contributed by atoms with Crippen molar-refractivity contribution in [2.24, 2.45) is 11.5 Å². The van der Waals surface area contributed by atoms with Crippen molar-refractivity contribution in [2.45, 2.75) is 19.0 Å². The van der Waals surface area contributed by atoms with Crippen LogP contribution < -0.4 is 16.8 Å². The van der Waals surface area contributed by atoms with E-state index in [0.717, 1.165) is 0 Å². The van der Waals surface area contributed by atoms with E-state index in [2.05, 4.69) is 5.32 Å². The number of rotatable bonds is 3. The van der Waals surface area contributed by atoms with E-state index in [1.54, 1.807) is 6.92 Å². The van der Waals surface area contributed by atoms with Gasteiger partial charge in [0.1, 0.15) is 0 Å². The molecule has 1 heterocycles. The lowest BCUT2D eigenvalue weighted by Crippen LogP contribution is -2.58. The molecule has 5 N–H and O–H groups in total. The van der Waals surface area contributed by atoms with Gasteiger partial charge in [0.15, 0.2) is 0 Å². The Morgan fingerprint density at radius 3 is 3.00 bits per heavy atom. The van der Waals surface area contributed by atoms with Crippen LogP contribution in [0.15, 0.2) is 0 Å². The minimum atomic E-state index is -0.705. The number of hydrogen-bond donors (Lipinski definition) is 3. The average molecular weight is 200 g/mol. The van der Waals surface area contributed by atoms with Crippen molar-refractivity contribution in [1.29, 1.82) is 0 Å². The van der Waals surface area contributed by atoms with Gasteiger partial charge in [-0.3, -0.25) is 14.5 Å². The van der Waals surface area contributed by atoms with Crippen LogP contribution in [0.25, 0.3) is 0 Å². The topological polar surface area (TPSA) is 101 Å². The highest BCUT2D eigenvalue weighted by Crippen LogP contribution is 2.03. The van der Waals surface area contributed by atoms with E-state index in [-0.39, 0.29) is 11.9 Å². The van der Waals surface area contributed by atoms with E-state index < -0.39 is 11.9 Å². The first kappa shape index (κ1) is 10.9. The third-order valence-electron chi connectivity index (χ3n) is 2.42. The Balaban J connectivity index is 2.51. The van der Waals surface area contributed by atoms with Crippen molar-refractivity contribution >= 4 is 11.8 Å². The molecule has 0 aromatic rings. The van der Waals surface area contributed by atoms with E-state index in [0.29, 0.717) is 19.6 Å². The molecule has 6 nitrogen and oxygen atoms in total. The third-order valence-corrected chi connectivity index (χ3v) is 2.42. The van der Waals surface area contributed by atoms with Crippen LogP contribution in [0.1, 0.15) is 6.92 Å². The lowest BCUT2D eigenvalue weighted by molar-refractivity contribution is -0.129. The minimum Gasteiger partial charge on any atom is -0.368 e. The molecule has 0 aromatic heterocycles. The molecule has 0 aliphatic carbocycles. The van der Waals surface area contributed by atoms with E-state index in [1.807, 2.05) is 4.90 Å². The Bertz CT molecular complexity index is 243. The molecule has 2 unspecified atom stereocenters.